The number of hydrogen-bond acceptors (Lipinski definition) is 3. The second-order valence-electron chi connectivity index (χ2n) is 3.68. The van der Waals surface area contributed by atoms with Gasteiger partial charge in [0.2, 0.25) is 5.91 Å². The minimum Gasteiger partial charge on any atom is -0.368 e. The smallest absolute Gasteiger partial charge is 0.262 e. The Morgan fingerprint density at radius 1 is 1.44 bits per heavy atom. The van der Waals surface area contributed by atoms with Gasteiger partial charge in [-0.2, -0.15) is 0 Å². The van der Waals surface area contributed by atoms with E-state index in [4.69, 9.17) is 5.73 Å². The fraction of sp³-hybridized carbons (Fsp3) is 0.333. The molecule has 0 aliphatic heterocycles. The highest BCUT2D eigenvalue weighted by Crippen LogP contribution is 2.32. The molecule has 0 aliphatic rings. The zero-order valence-corrected chi connectivity index (χ0v) is 12.6. The van der Waals surface area contributed by atoms with Crippen LogP contribution in [0.3, 0.4) is 0 Å². The maximum absolute atomic E-state index is 11.8. The van der Waals surface area contributed by atoms with Crippen LogP contribution in [0.1, 0.15) is 23.5 Å². The molecule has 0 unspecified atom stereocenters. The number of nitrogens with one attached hydrogen (secondary N) is 1. The molecular weight excluding hydrogens is 360 g/mol. The molecule has 1 aromatic heterocycles. The Balaban J connectivity index is 2.84. The molecule has 1 heterocycles. The number of nitrogens with two attached hydrogens (primary N) is 1. The van der Waals surface area contributed by atoms with Crippen LogP contribution in [-0.2, 0) is 4.79 Å². The molecule has 0 bridgehead atoms. The lowest BCUT2D eigenvalue weighted by atomic mass is 10.1. The summed E-state index contributed by atoms with van der Waals surface area (Å²) < 4.78 is 1.63. The Hall–Kier alpha value is -0.400. The van der Waals surface area contributed by atoms with Gasteiger partial charge < -0.3 is 11.1 Å². The van der Waals surface area contributed by atoms with E-state index in [9.17, 15) is 9.59 Å². The Morgan fingerprint density at radius 3 is 2.38 bits per heavy atom. The topological polar surface area (TPSA) is 72.2 Å². The first-order valence-electron chi connectivity index (χ1n) is 4.31. The second kappa shape index (κ2) is 4.85. The molecule has 1 rings (SSSR count). The van der Waals surface area contributed by atoms with E-state index in [1.165, 1.54) is 11.3 Å². The van der Waals surface area contributed by atoms with E-state index in [0.717, 1.165) is 8.26 Å². The van der Waals surface area contributed by atoms with Gasteiger partial charge in [0, 0.05) is 4.47 Å². The van der Waals surface area contributed by atoms with Gasteiger partial charge in [0.25, 0.3) is 5.91 Å². The Kier molecular flexibility index (Phi) is 4.14. The third kappa shape index (κ3) is 3.05. The van der Waals surface area contributed by atoms with E-state index < -0.39 is 11.4 Å². The van der Waals surface area contributed by atoms with Gasteiger partial charge in [-0.05, 0) is 51.8 Å². The third-order valence-electron chi connectivity index (χ3n) is 1.91. The van der Waals surface area contributed by atoms with Gasteiger partial charge in [0.1, 0.15) is 5.54 Å². The molecule has 2 amide bonds. The maximum atomic E-state index is 11.8. The van der Waals surface area contributed by atoms with Crippen molar-refractivity contribution in [2.24, 2.45) is 5.73 Å². The summed E-state index contributed by atoms with van der Waals surface area (Å²) in [5.41, 5.74) is 4.11. The minimum absolute atomic E-state index is 0.319. The van der Waals surface area contributed by atoms with Gasteiger partial charge in [-0.3, -0.25) is 9.59 Å². The lowest BCUT2D eigenvalue weighted by molar-refractivity contribution is -0.122. The lowest BCUT2D eigenvalue weighted by Crippen LogP contribution is -2.52. The van der Waals surface area contributed by atoms with Crippen molar-refractivity contribution in [1.29, 1.82) is 0 Å². The van der Waals surface area contributed by atoms with E-state index >= 15 is 0 Å². The van der Waals surface area contributed by atoms with E-state index in [1.807, 2.05) is 0 Å². The maximum Gasteiger partial charge on any atom is 0.262 e. The minimum atomic E-state index is -1.06. The highest BCUT2D eigenvalue weighted by molar-refractivity contribution is 9.13. The molecule has 1 aromatic rings. The Morgan fingerprint density at radius 2 is 2.00 bits per heavy atom. The summed E-state index contributed by atoms with van der Waals surface area (Å²) in [5, 5.41) is 2.57. The van der Waals surface area contributed by atoms with Gasteiger partial charge in [0.05, 0.1) is 8.66 Å². The quantitative estimate of drug-likeness (QED) is 0.857. The summed E-state index contributed by atoms with van der Waals surface area (Å²) in [6.07, 6.45) is 0. The normalized spacial score (nSPS) is 11.2. The number of amides is 2. The molecule has 0 atom stereocenters. The first-order chi connectivity index (χ1) is 7.24. The van der Waals surface area contributed by atoms with Crippen molar-refractivity contribution < 1.29 is 9.59 Å². The number of carbonyl (C=O) groups is 2. The number of hydrogen-bond donors (Lipinski definition) is 2. The van der Waals surface area contributed by atoms with Crippen LogP contribution in [0, 0.1) is 0 Å². The molecule has 0 aliphatic carbocycles. The molecule has 0 fully saturated rings. The van der Waals surface area contributed by atoms with Gasteiger partial charge in [-0.1, -0.05) is 0 Å². The molecule has 3 N–H and O–H groups in total. The van der Waals surface area contributed by atoms with Crippen LogP contribution in [-0.4, -0.2) is 17.4 Å². The van der Waals surface area contributed by atoms with Crippen molar-refractivity contribution in [2.75, 3.05) is 0 Å². The zero-order chi connectivity index (χ0) is 12.5. The third-order valence-corrected chi connectivity index (χ3v) is 5.17. The van der Waals surface area contributed by atoms with Crippen LogP contribution >= 0.6 is 43.2 Å². The van der Waals surface area contributed by atoms with E-state index in [2.05, 4.69) is 37.2 Å². The van der Waals surface area contributed by atoms with E-state index in [1.54, 1.807) is 19.9 Å². The highest BCUT2D eigenvalue weighted by Gasteiger charge is 2.28. The SMILES string of the molecule is CC(C)(NC(=O)c1cc(Br)c(Br)s1)C(N)=O. The fourth-order valence-corrected chi connectivity index (χ4v) is 2.80. The number of carbonyl (C=O) groups excluding carboxylic acids is 2. The van der Waals surface area contributed by atoms with Crippen molar-refractivity contribution in [2.45, 2.75) is 19.4 Å². The predicted octanol–water partition coefficient (Wildman–Crippen LogP) is 2.27. The number of halogens is 2. The first-order valence-corrected chi connectivity index (χ1v) is 6.71. The molecule has 0 saturated carbocycles. The second-order valence-corrected chi connectivity index (χ2v) is 6.90. The largest absolute Gasteiger partial charge is 0.368 e. The van der Waals surface area contributed by atoms with Crippen molar-refractivity contribution in [1.82, 2.24) is 5.32 Å². The van der Waals surface area contributed by atoms with Crippen molar-refractivity contribution in [3.05, 3.63) is 19.2 Å². The molecule has 16 heavy (non-hydrogen) atoms. The van der Waals surface area contributed by atoms with Crippen LogP contribution in [0.2, 0.25) is 0 Å². The molecule has 0 saturated heterocycles. The van der Waals surface area contributed by atoms with Gasteiger partial charge in [-0.25, -0.2) is 0 Å². The average molecular weight is 370 g/mol. The molecule has 0 spiro atoms. The summed E-state index contributed by atoms with van der Waals surface area (Å²) in [4.78, 5) is 23.3. The monoisotopic (exact) mass is 368 g/mol. The zero-order valence-electron chi connectivity index (χ0n) is 8.64. The molecule has 0 aromatic carbocycles. The van der Waals surface area contributed by atoms with Crippen molar-refractivity contribution in [3.8, 4) is 0 Å². The van der Waals surface area contributed by atoms with E-state index in [-0.39, 0.29) is 5.91 Å². The van der Waals surface area contributed by atoms with Crippen molar-refractivity contribution >= 4 is 55.0 Å². The van der Waals surface area contributed by atoms with Crippen molar-refractivity contribution in [3.63, 3.8) is 0 Å². The van der Waals surface area contributed by atoms with Crippen LogP contribution in [0.25, 0.3) is 0 Å². The molecule has 7 heteroatoms. The predicted molar refractivity (Wildman–Crippen MR) is 70.5 cm³/mol. The number of primary amides is 1. The summed E-state index contributed by atoms with van der Waals surface area (Å²) in [5.74, 6) is -0.893. The summed E-state index contributed by atoms with van der Waals surface area (Å²) in [6, 6.07) is 1.68. The summed E-state index contributed by atoms with van der Waals surface area (Å²) >= 11 is 7.86. The van der Waals surface area contributed by atoms with Gasteiger partial charge in [0.15, 0.2) is 0 Å². The molecular formula is C9H10Br2N2O2S. The standard InChI is InChI=1S/C9H10Br2N2O2S/c1-9(2,8(12)15)13-7(14)5-3-4(10)6(11)16-5/h3H,1-2H3,(H2,12,15)(H,13,14). The molecule has 4 nitrogen and oxygen atoms in total. The molecule has 88 valence electrons. The average Bonchev–Trinajstić information content (AvgIpc) is 2.46. The summed E-state index contributed by atoms with van der Waals surface area (Å²) in [6.45, 7) is 3.12. The van der Waals surface area contributed by atoms with Crippen LogP contribution in [0.15, 0.2) is 14.3 Å². The summed E-state index contributed by atoms with van der Waals surface area (Å²) in [7, 11) is 0. The van der Waals surface area contributed by atoms with Crippen LogP contribution in [0.5, 0.6) is 0 Å². The Labute approximate surface area is 114 Å². The van der Waals surface area contributed by atoms with E-state index in [0.29, 0.717) is 4.88 Å². The molecule has 0 radical (unpaired) electrons. The fourth-order valence-electron chi connectivity index (χ4n) is 0.866. The van der Waals surface area contributed by atoms with Gasteiger partial charge >= 0.3 is 0 Å². The van der Waals surface area contributed by atoms with Crippen LogP contribution in [0.4, 0.5) is 0 Å². The van der Waals surface area contributed by atoms with Crippen LogP contribution < -0.4 is 11.1 Å². The Bertz CT molecular complexity index is 423. The van der Waals surface area contributed by atoms with Gasteiger partial charge in [-0.15, -0.1) is 11.3 Å². The number of thiophene rings is 1. The first kappa shape index (κ1) is 13.7. The lowest BCUT2D eigenvalue weighted by Gasteiger charge is -2.21. The highest BCUT2D eigenvalue weighted by atomic mass is 79.9. The number of rotatable bonds is 3.